The molecule has 1 aromatic carbocycles. The third-order valence-corrected chi connectivity index (χ3v) is 2.00. The van der Waals surface area contributed by atoms with Gasteiger partial charge in [-0.2, -0.15) is 0 Å². The zero-order valence-electron chi connectivity index (χ0n) is 8.04. The van der Waals surface area contributed by atoms with Gasteiger partial charge in [-0.1, -0.05) is 11.6 Å². The van der Waals surface area contributed by atoms with Crippen molar-refractivity contribution in [3.05, 3.63) is 29.0 Å². The zero-order valence-corrected chi connectivity index (χ0v) is 8.79. The molecule has 0 bridgehead atoms. The largest absolute Gasteiger partial charge is 0.490 e. The number of aliphatic carboxylic acids is 1. The lowest BCUT2D eigenvalue weighted by Gasteiger charge is -2.12. The number of benzene rings is 1. The summed E-state index contributed by atoms with van der Waals surface area (Å²) in [5.41, 5.74) is 0. The molecule has 0 radical (unpaired) electrons. The van der Waals surface area contributed by atoms with E-state index in [1.165, 1.54) is 12.1 Å². The van der Waals surface area contributed by atoms with E-state index in [4.69, 9.17) is 21.4 Å². The maximum absolute atomic E-state index is 13.0. The van der Waals surface area contributed by atoms with Crippen LogP contribution in [0.25, 0.3) is 0 Å². The van der Waals surface area contributed by atoms with E-state index in [1.807, 2.05) is 0 Å². The van der Waals surface area contributed by atoms with Gasteiger partial charge in [0.15, 0.2) is 0 Å². The Morgan fingerprint density at radius 3 is 2.87 bits per heavy atom. The molecule has 0 saturated carbocycles. The van der Waals surface area contributed by atoms with E-state index >= 15 is 0 Å². The first-order valence-electron chi connectivity index (χ1n) is 4.32. The molecule has 0 aromatic heterocycles. The van der Waals surface area contributed by atoms with Crippen LogP contribution in [0.15, 0.2) is 18.2 Å². The molecule has 3 nitrogen and oxygen atoms in total. The Bertz CT molecular complexity index is 368. The zero-order chi connectivity index (χ0) is 11.4. The molecule has 1 atom stereocenters. The van der Waals surface area contributed by atoms with Crippen molar-refractivity contribution < 1.29 is 19.0 Å². The number of carboxylic acid groups (broad SMARTS) is 1. The van der Waals surface area contributed by atoms with E-state index in [1.54, 1.807) is 6.92 Å². The van der Waals surface area contributed by atoms with Crippen LogP contribution in [0.2, 0.25) is 5.02 Å². The second-order valence-corrected chi connectivity index (χ2v) is 3.51. The summed E-state index contributed by atoms with van der Waals surface area (Å²) in [6.07, 6.45) is -0.646. The fourth-order valence-electron chi connectivity index (χ4n) is 1.07. The van der Waals surface area contributed by atoms with Gasteiger partial charge >= 0.3 is 5.97 Å². The molecule has 0 aliphatic carbocycles. The molecule has 1 rings (SSSR count). The number of carbonyl (C=O) groups is 1. The molecule has 0 amide bonds. The summed E-state index contributed by atoms with van der Waals surface area (Å²) in [6.45, 7) is 1.60. The van der Waals surface area contributed by atoms with Gasteiger partial charge in [-0.25, -0.2) is 4.39 Å². The standard InChI is InChI=1S/C10H10ClFO3/c1-6(4-10(13)14)15-7-2-3-8(11)9(12)5-7/h2-3,5-6H,4H2,1H3,(H,13,14)/t6-/m0/s1. The van der Waals surface area contributed by atoms with Gasteiger partial charge in [0.05, 0.1) is 11.4 Å². The summed E-state index contributed by atoms with van der Waals surface area (Å²) in [5.74, 6) is -1.28. The van der Waals surface area contributed by atoms with Crippen LogP contribution in [0.3, 0.4) is 0 Å². The molecule has 0 unspecified atom stereocenters. The highest BCUT2D eigenvalue weighted by molar-refractivity contribution is 6.30. The molecule has 15 heavy (non-hydrogen) atoms. The number of ether oxygens (including phenoxy) is 1. The molecule has 82 valence electrons. The first kappa shape index (κ1) is 11.8. The van der Waals surface area contributed by atoms with Crippen molar-refractivity contribution in [1.29, 1.82) is 0 Å². The van der Waals surface area contributed by atoms with E-state index < -0.39 is 17.9 Å². The predicted octanol–water partition coefficient (Wildman–Crippen LogP) is 2.72. The highest BCUT2D eigenvalue weighted by Gasteiger charge is 2.10. The van der Waals surface area contributed by atoms with Crippen LogP contribution in [0.4, 0.5) is 4.39 Å². The molecule has 1 N–H and O–H groups in total. The molecule has 0 aliphatic heterocycles. The van der Waals surface area contributed by atoms with Crippen molar-refractivity contribution in [2.24, 2.45) is 0 Å². The SMILES string of the molecule is C[C@@H](CC(=O)O)Oc1ccc(Cl)c(F)c1. The van der Waals surface area contributed by atoms with E-state index in [2.05, 4.69) is 0 Å². The second kappa shape index (κ2) is 4.98. The highest BCUT2D eigenvalue weighted by atomic mass is 35.5. The van der Waals surface area contributed by atoms with Crippen LogP contribution >= 0.6 is 11.6 Å². The van der Waals surface area contributed by atoms with Crippen molar-refractivity contribution in [1.82, 2.24) is 0 Å². The van der Waals surface area contributed by atoms with Gasteiger partial charge in [-0.3, -0.25) is 4.79 Å². The molecule has 0 aliphatic rings. The molecular weight excluding hydrogens is 223 g/mol. The first-order valence-corrected chi connectivity index (χ1v) is 4.70. The molecule has 0 saturated heterocycles. The maximum atomic E-state index is 13.0. The Hall–Kier alpha value is -1.29. The van der Waals surface area contributed by atoms with Gasteiger partial charge < -0.3 is 9.84 Å². The summed E-state index contributed by atoms with van der Waals surface area (Å²) in [7, 11) is 0. The van der Waals surface area contributed by atoms with Crippen LogP contribution in [-0.4, -0.2) is 17.2 Å². The lowest BCUT2D eigenvalue weighted by Crippen LogP contribution is -2.16. The smallest absolute Gasteiger partial charge is 0.307 e. The minimum atomic E-state index is -0.961. The van der Waals surface area contributed by atoms with Crippen LogP contribution in [-0.2, 0) is 4.79 Å². The topological polar surface area (TPSA) is 46.5 Å². The van der Waals surface area contributed by atoms with E-state index in [9.17, 15) is 9.18 Å². The second-order valence-electron chi connectivity index (χ2n) is 3.10. The third-order valence-electron chi connectivity index (χ3n) is 1.69. The lowest BCUT2D eigenvalue weighted by atomic mass is 10.3. The van der Waals surface area contributed by atoms with Crippen molar-refractivity contribution in [2.45, 2.75) is 19.4 Å². The average molecular weight is 233 g/mol. The highest BCUT2D eigenvalue weighted by Crippen LogP contribution is 2.21. The Labute approximate surface area is 91.4 Å². The van der Waals surface area contributed by atoms with Crippen molar-refractivity contribution in [2.75, 3.05) is 0 Å². The van der Waals surface area contributed by atoms with Gasteiger partial charge in [0.1, 0.15) is 17.7 Å². The van der Waals surface area contributed by atoms with Gasteiger partial charge in [-0.05, 0) is 19.1 Å². The predicted molar refractivity (Wildman–Crippen MR) is 53.8 cm³/mol. The van der Waals surface area contributed by atoms with Crippen LogP contribution in [0, 0.1) is 5.82 Å². The first-order chi connectivity index (χ1) is 6.99. The lowest BCUT2D eigenvalue weighted by molar-refractivity contribution is -0.138. The molecule has 0 heterocycles. The number of carboxylic acids is 1. The Balaban J connectivity index is 2.64. The molecular formula is C10H10ClFO3. The van der Waals surface area contributed by atoms with Crippen molar-refractivity contribution >= 4 is 17.6 Å². The van der Waals surface area contributed by atoms with E-state index in [0.717, 1.165) is 6.07 Å². The number of rotatable bonds is 4. The molecule has 0 fully saturated rings. The van der Waals surface area contributed by atoms with Gasteiger partial charge in [0, 0.05) is 6.07 Å². The molecule has 5 heteroatoms. The number of hydrogen-bond donors (Lipinski definition) is 1. The third kappa shape index (κ3) is 3.75. The van der Waals surface area contributed by atoms with Crippen molar-refractivity contribution in [3.63, 3.8) is 0 Å². The van der Waals surface area contributed by atoms with Gasteiger partial charge in [-0.15, -0.1) is 0 Å². The van der Waals surface area contributed by atoms with Crippen LogP contribution in [0.5, 0.6) is 5.75 Å². The Morgan fingerprint density at radius 1 is 1.67 bits per heavy atom. The summed E-state index contributed by atoms with van der Waals surface area (Å²) in [6, 6.07) is 3.98. The van der Waals surface area contributed by atoms with Crippen LogP contribution in [0.1, 0.15) is 13.3 Å². The Kier molecular flexibility index (Phi) is 3.91. The number of halogens is 2. The molecule has 0 spiro atoms. The fraction of sp³-hybridized carbons (Fsp3) is 0.300. The van der Waals surface area contributed by atoms with E-state index in [0.29, 0.717) is 0 Å². The van der Waals surface area contributed by atoms with Crippen molar-refractivity contribution in [3.8, 4) is 5.75 Å². The quantitative estimate of drug-likeness (QED) is 0.868. The Morgan fingerprint density at radius 2 is 2.33 bits per heavy atom. The average Bonchev–Trinajstić information content (AvgIpc) is 2.10. The summed E-state index contributed by atoms with van der Waals surface area (Å²) >= 11 is 5.48. The minimum absolute atomic E-state index is 0.00763. The normalized spacial score (nSPS) is 12.2. The minimum Gasteiger partial charge on any atom is -0.490 e. The van der Waals surface area contributed by atoms with Crippen LogP contribution < -0.4 is 4.74 Å². The number of hydrogen-bond acceptors (Lipinski definition) is 2. The molecule has 1 aromatic rings. The summed E-state index contributed by atoms with van der Waals surface area (Å²) in [4.78, 5) is 10.3. The summed E-state index contributed by atoms with van der Waals surface area (Å²) < 4.78 is 18.1. The van der Waals surface area contributed by atoms with Gasteiger partial charge in [0.2, 0.25) is 0 Å². The maximum Gasteiger partial charge on any atom is 0.307 e. The summed E-state index contributed by atoms with van der Waals surface area (Å²) in [5, 5.41) is 8.49. The van der Waals surface area contributed by atoms with Gasteiger partial charge in [0.25, 0.3) is 0 Å². The monoisotopic (exact) mass is 232 g/mol. The fourth-order valence-corrected chi connectivity index (χ4v) is 1.19. The van der Waals surface area contributed by atoms with E-state index in [-0.39, 0.29) is 17.2 Å².